The van der Waals surface area contributed by atoms with Crippen molar-refractivity contribution in [2.75, 3.05) is 36.5 Å². The van der Waals surface area contributed by atoms with Crippen LogP contribution >= 0.6 is 0 Å². The van der Waals surface area contributed by atoms with Crippen molar-refractivity contribution in [3.8, 4) is 0 Å². The maximum Gasteiger partial charge on any atom is 0.471 e. The number of carbonyl (C=O) groups is 3. The minimum atomic E-state index is -5.49. The number of alkyl halides is 3. The lowest BCUT2D eigenvalue weighted by molar-refractivity contribution is -0.203. The maximum absolute atomic E-state index is 13.5. The van der Waals surface area contributed by atoms with E-state index in [1.165, 1.54) is 12.2 Å². The van der Waals surface area contributed by atoms with E-state index in [1.54, 1.807) is 24.5 Å². The molecule has 310 valence electrons. The third-order valence-corrected chi connectivity index (χ3v) is 10.0. The van der Waals surface area contributed by atoms with Crippen LogP contribution in [0.15, 0.2) is 91.5 Å². The van der Waals surface area contributed by atoms with Gasteiger partial charge < -0.3 is 45.9 Å². The Bertz CT molecular complexity index is 2210. The number of fused-ring (bicyclic) bond motifs is 1. The average Bonchev–Trinajstić information content (AvgIpc) is 3.95. The predicted octanol–water partition coefficient (Wildman–Crippen LogP) is 2.73. The zero-order valence-corrected chi connectivity index (χ0v) is 31.5. The number of urea groups is 1. The standard InChI is InChI=1S/C39H41F3N10O7/c1-2-58-35(56)38(50-34(55)39(40,41)42)30(54)29(53)33(59-38)52-22-46-28-31(44-20-27(24-9-5-3-6-10-24)25-11-7-4-8-12-25)48-36(49-32(28)52)51-18-15-26(21-51)47-37(57)45-19-23-13-16-43-17-14-23/h3-14,16-17,22,26-27,29-30,33,53-54H,2,15,18-21H2,1H3,(H,50,55)(H,44,48,49)(H2,45,47,57)/t26-,29-,30+,33-,38+/m1/s1. The molecule has 59 heavy (non-hydrogen) atoms. The lowest BCUT2D eigenvalue weighted by Crippen LogP contribution is -2.64. The summed E-state index contributed by atoms with van der Waals surface area (Å²) in [5.74, 6) is -3.95. The normalized spacial score (nSPS) is 21.7. The van der Waals surface area contributed by atoms with E-state index >= 15 is 0 Å². The Morgan fingerprint density at radius 1 is 1.00 bits per heavy atom. The average molecular weight is 819 g/mol. The van der Waals surface area contributed by atoms with Gasteiger partial charge in [0.2, 0.25) is 5.95 Å². The van der Waals surface area contributed by atoms with Crippen molar-refractivity contribution in [2.24, 2.45) is 0 Å². The summed E-state index contributed by atoms with van der Waals surface area (Å²) in [5.41, 5.74) is -0.134. The number of amides is 3. The van der Waals surface area contributed by atoms with Crippen molar-refractivity contribution in [3.63, 3.8) is 0 Å². The Morgan fingerprint density at radius 2 is 1.68 bits per heavy atom. The Balaban J connectivity index is 1.22. The predicted molar refractivity (Wildman–Crippen MR) is 204 cm³/mol. The van der Waals surface area contributed by atoms with Gasteiger partial charge in [-0.2, -0.15) is 23.1 Å². The molecule has 5 aromatic rings. The van der Waals surface area contributed by atoms with Gasteiger partial charge in [-0.3, -0.25) is 14.3 Å². The molecule has 0 spiro atoms. The minimum Gasteiger partial charge on any atom is -0.462 e. The third-order valence-electron chi connectivity index (χ3n) is 10.0. The molecule has 5 heterocycles. The quantitative estimate of drug-likeness (QED) is 0.0944. The van der Waals surface area contributed by atoms with E-state index in [9.17, 15) is 37.8 Å². The van der Waals surface area contributed by atoms with Gasteiger partial charge in [0.1, 0.15) is 12.2 Å². The van der Waals surface area contributed by atoms with Gasteiger partial charge in [-0.25, -0.2) is 14.6 Å². The molecule has 5 atom stereocenters. The molecule has 0 saturated carbocycles. The Labute approximate surface area is 335 Å². The minimum absolute atomic E-state index is 0.00182. The number of aliphatic hydroxyl groups excluding tert-OH is 2. The number of hydrogen-bond donors (Lipinski definition) is 6. The van der Waals surface area contributed by atoms with Crippen LogP contribution < -0.4 is 26.2 Å². The van der Waals surface area contributed by atoms with Crippen molar-refractivity contribution < 1.29 is 47.2 Å². The number of halogens is 3. The largest absolute Gasteiger partial charge is 0.471 e. The number of ether oxygens (including phenoxy) is 2. The number of hydrogen-bond acceptors (Lipinski definition) is 13. The number of anilines is 2. The van der Waals surface area contributed by atoms with Gasteiger partial charge in [-0.1, -0.05) is 60.7 Å². The van der Waals surface area contributed by atoms with Crippen molar-refractivity contribution in [3.05, 3.63) is 108 Å². The van der Waals surface area contributed by atoms with Gasteiger partial charge in [0.15, 0.2) is 23.2 Å². The molecule has 2 aromatic carbocycles. The molecule has 20 heteroatoms. The molecule has 6 N–H and O–H groups in total. The van der Waals surface area contributed by atoms with E-state index < -0.39 is 42.2 Å². The van der Waals surface area contributed by atoms with Crippen LogP contribution in [0, 0.1) is 0 Å². The van der Waals surface area contributed by atoms with Crippen LogP contribution in [0.3, 0.4) is 0 Å². The highest BCUT2D eigenvalue weighted by Crippen LogP contribution is 2.40. The first-order valence-electron chi connectivity index (χ1n) is 18.7. The maximum atomic E-state index is 13.5. The van der Waals surface area contributed by atoms with Crippen LogP contribution in [0.2, 0.25) is 0 Å². The van der Waals surface area contributed by atoms with Gasteiger partial charge in [0, 0.05) is 50.5 Å². The molecule has 0 radical (unpaired) electrons. The molecule has 2 aliphatic heterocycles. The summed E-state index contributed by atoms with van der Waals surface area (Å²) in [6.45, 7) is 2.29. The van der Waals surface area contributed by atoms with E-state index in [0.29, 0.717) is 19.5 Å². The molecule has 2 aliphatic rings. The highest BCUT2D eigenvalue weighted by atomic mass is 19.4. The number of pyridine rings is 1. The third kappa shape index (κ3) is 8.74. The highest BCUT2D eigenvalue weighted by molar-refractivity contribution is 5.90. The summed E-state index contributed by atoms with van der Waals surface area (Å²) in [6.07, 6.45) is -6.90. The van der Waals surface area contributed by atoms with Crippen LogP contribution in [0.1, 0.15) is 42.2 Å². The molecule has 0 unspecified atom stereocenters. The van der Waals surface area contributed by atoms with Crippen LogP contribution in [0.4, 0.5) is 29.7 Å². The number of aliphatic hydroxyl groups is 2. The first kappa shape index (κ1) is 40.8. The number of imidazole rings is 1. The SMILES string of the molecule is CCOC(=O)[C@@]1(NC(=O)C(F)(F)F)O[C@@H](n2cnc3c(NCC(c4ccccc4)c4ccccc4)nc(N4CC[C@@H](NC(=O)NCc5ccncc5)C4)nc32)[C@H](O)[C@@H]1O. The number of esters is 1. The van der Waals surface area contributed by atoms with Crippen LogP contribution in [0.25, 0.3) is 11.2 Å². The second kappa shape index (κ2) is 17.2. The molecule has 17 nitrogen and oxygen atoms in total. The number of aromatic nitrogens is 5. The fourth-order valence-electron chi connectivity index (χ4n) is 7.08. The van der Waals surface area contributed by atoms with Crippen molar-refractivity contribution in [1.82, 2.24) is 40.5 Å². The fourth-order valence-corrected chi connectivity index (χ4v) is 7.08. The molecular weight excluding hydrogens is 777 g/mol. The summed E-state index contributed by atoms with van der Waals surface area (Å²) < 4.78 is 52.2. The summed E-state index contributed by atoms with van der Waals surface area (Å²) in [4.78, 5) is 57.9. The monoisotopic (exact) mass is 818 g/mol. The van der Waals surface area contributed by atoms with Gasteiger partial charge in [0.05, 0.1) is 12.9 Å². The summed E-state index contributed by atoms with van der Waals surface area (Å²) >= 11 is 0. The molecule has 2 fully saturated rings. The molecule has 3 aromatic heterocycles. The number of nitrogens with zero attached hydrogens (tertiary/aromatic N) is 6. The smallest absolute Gasteiger partial charge is 0.462 e. The molecule has 2 saturated heterocycles. The van der Waals surface area contributed by atoms with Crippen LogP contribution in [-0.2, 0) is 25.6 Å². The Kier molecular flexibility index (Phi) is 11.9. The highest BCUT2D eigenvalue weighted by Gasteiger charge is 2.64. The lowest BCUT2D eigenvalue weighted by atomic mass is 9.91. The topological polar surface area (TPSA) is 218 Å². The van der Waals surface area contributed by atoms with Crippen LogP contribution in [0.5, 0.6) is 0 Å². The van der Waals surface area contributed by atoms with Crippen LogP contribution in [-0.4, -0.2) is 109 Å². The first-order valence-corrected chi connectivity index (χ1v) is 18.7. The summed E-state index contributed by atoms with van der Waals surface area (Å²) in [6, 6.07) is 22.4. The van der Waals surface area contributed by atoms with E-state index in [4.69, 9.17) is 19.4 Å². The lowest BCUT2D eigenvalue weighted by Gasteiger charge is -2.30. The zero-order chi connectivity index (χ0) is 41.7. The van der Waals surface area contributed by atoms with Gasteiger partial charge >= 0.3 is 24.1 Å². The molecule has 0 aliphatic carbocycles. The molecular formula is C39H41F3N10O7. The second-order valence-corrected chi connectivity index (χ2v) is 13.9. The van der Waals surface area contributed by atoms with Crippen molar-refractivity contribution >= 4 is 40.8 Å². The van der Waals surface area contributed by atoms with Crippen molar-refractivity contribution in [1.29, 1.82) is 0 Å². The van der Waals surface area contributed by atoms with E-state index in [-0.39, 0.29) is 60.6 Å². The van der Waals surface area contributed by atoms with E-state index in [1.807, 2.05) is 65.6 Å². The Morgan fingerprint density at radius 3 is 2.32 bits per heavy atom. The second-order valence-electron chi connectivity index (χ2n) is 13.9. The zero-order valence-electron chi connectivity index (χ0n) is 31.5. The number of benzene rings is 2. The number of rotatable bonds is 13. The summed E-state index contributed by atoms with van der Waals surface area (Å²) in [5, 5.41) is 33.0. The van der Waals surface area contributed by atoms with E-state index in [2.05, 4.69) is 25.9 Å². The summed E-state index contributed by atoms with van der Waals surface area (Å²) in [7, 11) is 0. The van der Waals surface area contributed by atoms with Gasteiger partial charge in [0.25, 0.3) is 5.72 Å². The molecule has 3 amide bonds. The Hall–Kier alpha value is -6.38. The number of nitrogens with one attached hydrogen (secondary N) is 4. The van der Waals surface area contributed by atoms with Crippen molar-refractivity contribution in [2.45, 2.75) is 62.2 Å². The molecule has 7 rings (SSSR count). The first-order chi connectivity index (χ1) is 28.4. The van der Waals surface area contributed by atoms with Gasteiger partial charge in [-0.05, 0) is 42.2 Å². The van der Waals surface area contributed by atoms with Gasteiger partial charge in [-0.15, -0.1) is 0 Å². The number of carbonyl (C=O) groups excluding carboxylic acids is 3. The van der Waals surface area contributed by atoms with E-state index in [0.717, 1.165) is 27.6 Å². The molecule has 0 bridgehead atoms. The fraction of sp³-hybridized carbons (Fsp3) is 0.359.